The third-order valence-electron chi connectivity index (χ3n) is 6.04. The summed E-state index contributed by atoms with van der Waals surface area (Å²) in [6.07, 6.45) is 6.58. The van der Waals surface area contributed by atoms with Gasteiger partial charge in [-0.25, -0.2) is 0 Å². The summed E-state index contributed by atoms with van der Waals surface area (Å²) in [5, 5.41) is 0. The normalized spacial score (nSPS) is 38.8. The minimum atomic E-state index is 0.257. The van der Waals surface area contributed by atoms with Crippen molar-refractivity contribution in [2.75, 3.05) is 33.7 Å². The Kier molecular flexibility index (Phi) is 4.91. The number of hydrogen-bond donors (Lipinski definition) is 1. The van der Waals surface area contributed by atoms with E-state index >= 15 is 0 Å². The first-order valence-electron chi connectivity index (χ1n) is 8.11. The lowest BCUT2D eigenvalue weighted by atomic mass is 9.68. The van der Waals surface area contributed by atoms with Crippen molar-refractivity contribution in [2.24, 2.45) is 17.6 Å². The second-order valence-electron chi connectivity index (χ2n) is 7.23. The van der Waals surface area contributed by atoms with Gasteiger partial charge in [-0.05, 0) is 71.1 Å². The van der Waals surface area contributed by atoms with Crippen LogP contribution in [-0.4, -0.2) is 55.1 Å². The predicted octanol–water partition coefficient (Wildman–Crippen LogP) is 2.17. The molecule has 0 bridgehead atoms. The van der Waals surface area contributed by atoms with Gasteiger partial charge in [0.1, 0.15) is 0 Å². The largest absolute Gasteiger partial charge is 0.329 e. The van der Waals surface area contributed by atoms with Crippen molar-refractivity contribution in [3.63, 3.8) is 0 Å². The molecule has 0 spiro atoms. The highest BCUT2D eigenvalue weighted by atomic mass is 15.2. The molecule has 2 aliphatic rings. The summed E-state index contributed by atoms with van der Waals surface area (Å²) in [5.74, 6) is 1.60. The molecular weight excluding hydrogens is 234 g/mol. The molecule has 1 saturated heterocycles. The standard InChI is InChI=1S/C16H33N3/c1-13-5-8-16(12-17,14(2)11-13)19(4)15-6-9-18(3)10-7-15/h13-15H,5-12,17H2,1-4H3. The van der Waals surface area contributed by atoms with Gasteiger partial charge in [0.25, 0.3) is 0 Å². The average molecular weight is 267 g/mol. The summed E-state index contributed by atoms with van der Waals surface area (Å²) in [6.45, 7) is 8.12. The number of nitrogens with two attached hydrogens (primary N) is 1. The van der Waals surface area contributed by atoms with E-state index in [1.54, 1.807) is 0 Å². The molecule has 2 rings (SSSR count). The van der Waals surface area contributed by atoms with Crippen molar-refractivity contribution in [1.82, 2.24) is 9.80 Å². The van der Waals surface area contributed by atoms with Gasteiger partial charge >= 0.3 is 0 Å². The number of nitrogens with zero attached hydrogens (tertiary/aromatic N) is 2. The monoisotopic (exact) mass is 267 g/mol. The van der Waals surface area contributed by atoms with Crippen LogP contribution in [0.25, 0.3) is 0 Å². The van der Waals surface area contributed by atoms with Gasteiger partial charge in [-0.2, -0.15) is 0 Å². The molecule has 3 unspecified atom stereocenters. The number of hydrogen-bond acceptors (Lipinski definition) is 3. The van der Waals surface area contributed by atoms with Gasteiger partial charge in [-0.1, -0.05) is 13.8 Å². The predicted molar refractivity (Wildman–Crippen MR) is 82.2 cm³/mol. The van der Waals surface area contributed by atoms with Crippen LogP contribution in [0.4, 0.5) is 0 Å². The molecule has 112 valence electrons. The Morgan fingerprint density at radius 3 is 2.37 bits per heavy atom. The third kappa shape index (κ3) is 2.98. The molecule has 0 amide bonds. The molecule has 0 aromatic heterocycles. The first-order chi connectivity index (χ1) is 8.99. The molecule has 3 nitrogen and oxygen atoms in total. The molecule has 2 N–H and O–H groups in total. The Bertz CT molecular complexity index is 286. The van der Waals surface area contributed by atoms with Gasteiger partial charge in [-0.15, -0.1) is 0 Å². The lowest BCUT2D eigenvalue weighted by Gasteiger charge is -2.53. The van der Waals surface area contributed by atoms with E-state index in [0.717, 1.165) is 24.4 Å². The fourth-order valence-corrected chi connectivity index (χ4v) is 4.40. The molecule has 1 aliphatic heterocycles. The molecule has 3 heteroatoms. The molecule has 1 aliphatic carbocycles. The van der Waals surface area contributed by atoms with Crippen LogP contribution in [0.15, 0.2) is 0 Å². The van der Waals surface area contributed by atoms with Crippen LogP contribution in [-0.2, 0) is 0 Å². The van der Waals surface area contributed by atoms with E-state index in [4.69, 9.17) is 5.73 Å². The lowest BCUT2D eigenvalue weighted by molar-refractivity contribution is -0.0252. The molecule has 0 aromatic rings. The first kappa shape index (κ1) is 15.3. The SMILES string of the molecule is CC1CCC(CN)(N(C)C2CCN(C)CC2)C(C)C1. The zero-order chi connectivity index (χ0) is 14.0. The van der Waals surface area contributed by atoms with Gasteiger partial charge in [0.2, 0.25) is 0 Å². The zero-order valence-electron chi connectivity index (χ0n) is 13.4. The van der Waals surface area contributed by atoms with Crippen molar-refractivity contribution in [3.05, 3.63) is 0 Å². The fourth-order valence-electron chi connectivity index (χ4n) is 4.40. The van der Waals surface area contributed by atoms with E-state index in [2.05, 4.69) is 37.7 Å². The molecular formula is C16H33N3. The van der Waals surface area contributed by atoms with Crippen LogP contribution in [0.3, 0.4) is 0 Å². The van der Waals surface area contributed by atoms with Crippen LogP contribution < -0.4 is 5.73 Å². The topological polar surface area (TPSA) is 32.5 Å². The highest BCUT2D eigenvalue weighted by Gasteiger charge is 2.44. The minimum Gasteiger partial charge on any atom is -0.329 e. The maximum absolute atomic E-state index is 6.26. The highest BCUT2D eigenvalue weighted by molar-refractivity contribution is 5.01. The van der Waals surface area contributed by atoms with Crippen LogP contribution >= 0.6 is 0 Å². The lowest BCUT2D eigenvalue weighted by Crippen LogP contribution is -2.62. The Hall–Kier alpha value is -0.120. The Balaban J connectivity index is 2.07. The summed E-state index contributed by atoms with van der Waals surface area (Å²) >= 11 is 0. The zero-order valence-corrected chi connectivity index (χ0v) is 13.4. The number of likely N-dealkylation sites (N-methyl/N-ethyl adjacent to an activating group) is 1. The summed E-state index contributed by atoms with van der Waals surface area (Å²) in [4.78, 5) is 5.13. The van der Waals surface area contributed by atoms with Crippen LogP contribution in [0.2, 0.25) is 0 Å². The minimum absolute atomic E-state index is 0.257. The van der Waals surface area contributed by atoms with E-state index in [1.165, 1.54) is 45.2 Å². The Morgan fingerprint density at radius 1 is 1.21 bits per heavy atom. The second-order valence-corrected chi connectivity index (χ2v) is 7.23. The van der Waals surface area contributed by atoms with E-state index < -0.39 is 0 Å². The maximum Gasteiger partial charge on any atom is 0.0357 e. The van der Waals surface area contributed by atoms with E-state index in [1.807, 2.05) is 0 Å². The number of likely N-dealkylation sites (tertiary alicyclic amines) is 1. The summed E-state index contributed by atoms with van der Waals surface area (Å²) in [6, 6.07) is 0.732. The number of rotatable bonds is 3. The summed E-state index contributed by atoms with van der Waals surface area (Å²) in [7, 11) is 4.58. The first-order valence-corrected chi connectivity index (χ1v) is 8.11. The van der Waals surface area contributed by atoms with E-state index in [0.29, 0.717) is 0 Å². The van der Waals surface area contributed by atoms with Crippen LogP contribution in [0.1, 0.15) is 46.0 Å². The van der Waals surface area contributed by atoms with Gasteiger partial charge in [-0.3, -0.25) is 4.90 Å². The molecule has 0 aromatic carbocycles. The molecule has 0 radical (unpaired) electrons. The van der Waals surface area contributed by atoms with Crippen molar-refractivity contribution in [1.29, 1.82) is 0 Å². The highest BCUT2D eigenvalue weighted by Crippen LogP contribution is 2.41. The molecule has 1 heterocycles. The molecule has 2 fully saturated rings. The fraction of sp³-hybridized carbons (Fsp3) is 1.00. The smallest absolute Gasteiger partial charge is 0.0357 e. The third-order valence-corrected chi connectivity index (χ3v) is 6.04. The van der Waals surface area contributed by atoms with Gasteiger partial charge in [0.05, 0.1) is 0 Å². The van der Waals surface area contributed by atoms with E-state index in [-0.39, 0.29) is 5.54 Å². The molecule has 3 atom stereocenters. The van der Waals surface area contributed by atoms with Crippen LogP contribution in [0.5, 0.6) is 0 Å². The summed E-state index contributed by atoms with van der Waals surface area (Å²) < 4.78 is 0. The number of piperidine rings is 1. The Labute approximate surface area is 119 Å². The van der Waals surface area contributed by atoms with Gasteiger partial charge in [0.15, 0.2) is 0 Å². The van der Waals surface area contributed by atoms with Crippen LogP contribution in [0, 0.1) is 11.8 Å². The molecule has 19 heavy (non-hydrogen) atoms. The Morgan fingerprint density at radius 2 is 1.84 bits per heavy atom. The van der Waals surface area contributed by atoms with Gasteiger partial charge < -0.3 is 10.6 Å². The van der Waals surface area contributed by atoms with Crippen molar-refractivity contribution in [2.45, 2.75) is 57.5 Å². The average Bonchev–Trinajstić information content (AvgIpc) is 2.40. The van der Waals surface area contributed by atoms with Crippen molar-refractivity contribution in [3.8, 4) is 0 Å². The molecule has 1 saturated carbocycles. The van der Waals surface area contributed by atoms with Crippen molar-refractivity contribution >= 4 is 0 Å². The van der Waals surface area contributed by atoms with E-state index in [9.17, 15) is 0 Å². The van der Waals surface area contributed by atoms with Crippen molar-refractivity contribution < 1.29 is 0 Å². The maximum atomic E-state index is 6.26. The van der Waals surface area contributed by atoms with Gasteiger partial charge in [0, 0.05) is 18.1 Å². The quantitative estimate of drug-likeness (QED) is 0.850. The second kappa shape index (κ2) is 6.11. The summed E-state index contributed by atoms with van der Waals surface area (Å²) in [5.41, 5.74) is 6.51.